The standard InChI is InChI=1S/C8H10F5NO2/c9-7(10,8(11,12)13)6(16)14-3-1-2-5(14)4-15/h5,15H,1-4H2/t5-/m0/s1. The fourth-order valence-corrected chi connectivity index (χ4v) is 1.59. The van der Waals surface area contributed by atoms with Gasteiger partial charge in [-0.3, -0.25) is 4.79 Å². The maximum Gasteiger partial charge on any atom is 0.463 e. The zero-order valence-corrected chi connectivity index (χ0v) is 8.10. The van der Waals surface area contributed by atoms with Crippen molar-refractivity contribution in [2.45, 2.75) is 31.0 Å². The van der Waals surface area contributed by atoms with Crippen LogP contribution in [0.2, 0.25) is 0 Å². The van der Waals surface area contributed by atoms with Crippen LogP contribution in [0, 0.1) is 0 Å². The number of hydrogen-bond acceptors (Lipinski definition) is 2. The summed E-state index contributed by atoms with van der Waals surface area (Å²) in [7, 11) is 0. The molecule has 16 heavy (non-hydrogen) atoms. The Morgan fingerprint density at radius 3 is 2.31 bits per heavy atom. The van der Waals surface area contributed by atoms with Gasteiger partial charge in [0.15, 0.2) is 0 Å². The normalized spacial score (nSPS) is 22.6. The van der Waals surface area contributed by atoms with E-state index in [0.717, 1.165) is 0 Å². The molecule has 0 aliphatic carbocycles. The molecule has 1 amide bonds. The first-order chi connectivity index (χ1) is 7.21. The number of alkyl halides is 5. The Bertz CT molecular complexity index is 278. The van der Waals surface area contributed by atoms with Crippen LogP contribution in [0.15, 0.2) is 0 Å². The van der Waals surface area contributed by atoms with Gasteiger partial charge in [-0.15, -0.1) is 0 Å². The van der Waals surface area contributed by atoms with Crippen molar-refractivity contribution in [2.24, 2.45) is 0 Å². The zero-order chi connectivity index (χ0) is 12.6. The second-order valence-corrected chi connectivity index (χ2v) is 3.55. The second kappa shape index (κ2) is 4.15. The highest BCUT2D eigenvalue weighted by atomic mass is 19.4. The van der Waals surface area contributed by atoms with Crippen molar-refractivity contribution < 1.29 is 31.9 Å². The van der Waals surface area contributed by atoms with Gasteiger partial charge in [0, 0.05) is 6.54 Å². The number of halogens is 5. The van der Waals surface area contributed by atoms with Crippen molar-refractivity contribution in [3.63, 3.8) is 0 Å². The first-order valence-electron chi connectivity index (χ1n) is 4.58. The topological polar surface area (TPSA) is 40.5 Å². The highest BCUT2D eigenvalue weighted by Gasteiger charge is 2.65. The van der Waals surface area contributed by atoms with E-state index >= 15 is 0 Å². The molecule has 1 fully saturated rings. The Labute approximate surface area is 87.8 Å². The van der Waals surface area contributed by atoms with Crippen LogP contribution in [0.5, 0.6) is 0 Å². The molecule has 1 heterocycles. The summed E-state index contributed by atoms with van der Waals surface area (Å²) in [6, 6.07) is -0.944. The number of carbonyl (C=O) groups excluding carboxylic acids is 1. The van der Waals surface area contributed by atoms with E-state index in [1.807, 2.05) is 0 Å². The Hall–Kier alpha value is -0.920. The molecule has 0 unspecified atom stereocenters. The smallest absolute Gasteiger partial charge is 0.394 e. The Balaban J connectivity index is 2.85. The molecule has 0 radical (unpaired) electrons. The Kier molecular flexibility index (Phi) is 3.41. The maximum atomic E-state index is 12.7. The molecule has 1 rings (SSSR count). The third kappa shape index (κ3) is 2.11. The summed E-state index contributed by atoms with van der Waals surface area (Å²) >= 11 is 0. The molecule has 1 N–H and O–H groups in total. The number of likely N-dealkylation sites (tertiary alicyclic amines) is 1. The lowest BCUT2D eigenvalue weighted by Crippen LogP contribution is -2.54. The van der Waals surface area contributed by atoms with Crippen molar-refractivity contribution in [1.29, 1.82) is 0 Å². The van der Waals surface area contributed by atoms with Gasteiger partial charge in [-0.05, 0) is 12.8 Å². The lowest BCUT2D eigenvalue weighted by Gasteiger charge is -2.28. The number of rotatable bonds is 2. The van der Waals surface area contributed by atoms with Gasteiger partial charge in [-0.25, -0.2) is 0 Å². The zero-order valence-electron chi connectivity index (χ0n) is 8.10. The van der Waals surface area contributed by atoms with Gasteiger partial charge < -0.3 is 10.0 Å². The van der Waals surface area contributed by atoms with E-state index < -0.39 is 30.7 Å². The van der Waals surface area contributed by atoms with Crippen molar-refractivity contribution in [1.82, 2.24) is 4.90 Å². The predicted molar refractivity (Wildman–Crippen MR) is 42.8 cm³/mol. The molecule has 0 bridgehead atoms. The molecule has 0 spiro atoms. The summed E-state index contributed by atoms with van der Waals surface area (Å²) < 4.78 is 61.1. The van der Waals surface area contributed by atoms with Gasteiger partial charge in [-0.1, -0.05) is 0 Å². The molecule has 3 nitrogen and oxygen atoms in total. The lowest BCUT2D eigenvalue weighted by atomic mass is 10.2. The molecule has 0 aromatic carbocycles. The monoisotopic (exact) mass is 247 g/mol. The summed E-state index contributed by atoms with van der Waals surface area (Å²) in [6.45, 7) is -0.796. The fourth-order valence-electron chi connectivity index (χ4n) is 1.59. The lowest BCUT2D eigenvalue weighted by molar-refractivity contribution is -0.274. The first-order valence-corrected chi connectivity index (χ1v) is 4.58. The van der Waals surface area contributed by atoms with Crippen LogP contribution in [0.4, 0.5) is 22.0 Å². The van der Waals surface area contributed by atoms with Crippen LogP contribution in [-0.4, -0.2) is 47.2 Å². The van der Waals surface area contributed by atoms with Crippen molar-refractivity contribution in [3.8, 4) is 0 Å². The Morgan fingerprint density at radius 2 is 1.88 bits per heavy atom. The molecule has 8 heteroatoms. The van der Waals surface area contributed by atoms with E-state index in [4.69, 9.17) is 5.11 Å². The molecular formula is C8H10F5NO2. The van der Waals surface area contributed by atoms with E-state index in [-0.39, 0.29) is 13.0 Å². The third-order valence-corrected chi connectivity index (χ3v) is 2.47. The van der Waals surface area contributed by atoms with Gasteiger partial charge in [0.05, 0.1) is 12.6 Å². The molecule has 0 aromatic heterocycles. The SMILES string of the molecule is O=C(N1CCC[C@H]1CO)C(F)(F)C(F)(F)F. The fraction of sp³-hybridized carbons (Fsp3) is 0.875. The maximum absolute atomic E-state index is 12.7. The number of nitrogens with zero attached hydrogens (tertiary/aromatic N) is 1. The third-order valence-electron chi connectivity index (χ3n) is 2.47. The van der Waals surface area contributed by atoms with Crippen LogP contribution in [-0.2, 0) is 4.79 Å². The van der Waals surface area contributed by atoms with Crippen LogP contribution < -0.4 is 0 Å². The number of carbonyl (C=O) groups is 1. The summed E-state index contributed by atoms with van der Waals surface area (Å²) in [5, 5.41) is 8.73. The van der Waals surface area contributed by atoms with Gasteiger partial charge in [0.25, 0.3) is 0 Å². The number of hydrogen-bond donors (Lipinski definition) is 1. The number of aliphatic hydroxyl groups excluding tert-OH is 1. The van der Waals surface area contributed by atoms with Crippen LogP contribution in [0.3, 0.4) is 0 Å². The van der Waals surface area contributed by atoms with Gasteiger partial charge >= 0.3 is 18.0 Å². The molecular weight excluding hydrogens is 237 g/mol. The average Bonchev–Trinajstić information content (AvgIpc) is 2.62. The minimum Gasteiger partial charge on any atom is -0.394 e. The number of amides is 1. The van der Waals surface area contributed by atoms with Crippen LogP contribution >= 0.6 is 0 Å². The van der Waals surface area contributed by atoms with E-state index in [1.165, 1.54) is 0 Å². The summed E-state index contributed by atoms with van der Waals surface area (Å²) in [4.78, 5) is 11.4. The minimum absolute atomic E-state index is 0.185. The van der Waals surface area contributed by atoms with Gasteiger partial charge in [0.1, 0.15) is 0 Å². The largest absolute Gasteiger partial charge is 0.463 e. The molecule has 1 aliphatic heterocycles. The predicted octanol–water partition coefficient (Wildman–Crippen LogP) is 1.17. The molecule has 1 aliphatic rings. The molecule has 0 aromatic rings. The van der Waals surface area contributed by atoms with E-state index in [9.17, 15) is 26.7 Å². The van der Waals surface area contributed by atoms with Crippen molar-refractivity contribution >= 4 is 5.91 Å². The molecule has 94 valence electrons. The van der Waals surface area contributed by atoms with E-state index in [0.29, 0.717) is 11.3 Å². The molecule has 1 saturated heterocycles. The van der Waals surface area contributed by atoms with Crippen LogP contribution in [0.1, 0.15) is 12.8 Å². The van der Waals surface area contributed by atoms with E-state index in [1.54, 1.807) is 0 Å². The summed E-state index contributed by atoms with van der Waals surface area (Å²) in [5.74, 6) is -7.67. The second-order valence-electron chi connectivity index (χ2n) is 3.55. The highest BCUT2D eigenvalue weighted by molar-refractivity contribution is 5.85. The number of aliphatic hydroxyl groups is 1. The van der Waals surface area contributed by atoms with Crippen molar-refractivity contribution in [3.05, 3.63) is 0 Å². The van der Waals surface area contributed by atoms with Gasteiger partial charge in [0.2, 0.25) is 0 Å². The summed E-state index contributed by atoms with van der Waals surface area (Å²) in [5.41, 5.74) is 0. The van der Waals surface area contributed by atoms with E-state index in [2.05, 4.69) is 0 Å². The average molecular weight is 247 g/mol. The highest BCUT2D eigenvalue weighted by Crippen LogP contribution is 2.38. The summed E-state index contributed by atoms with van der Waals surface area (Å²) in [6.07, 6.45) is -5.35. The van der Waals surface area contributed by atoms with Crippen LogP contribution in [0.25, 0.3) is 0 Å². The van der Waals surface area contributed by atoms with Crippen molar-refractivity contribution in [2.75, 3.05) is 13.2 Å². The quantitative estimate of drug-likeness (QED) is 0.744. The molecule has 0 saturated carbocycles. The van der Waals surface area contributed by atoms with Gasteiger partial charge in [-0.2, -0.15) is 22.0 Å². The minimum atomic E-state index is -5.90. The first kappa shape index (κ1) is 13.1. The molecule has 1 atom stereocenters. The Morgan fingerprint density at radius 1 is 1.31 bits per heavy atom.